The summed E-state index contributed by atoms with van der Waals surface area (Å²) in [7, 11) is 0. The van der Waals surface area contributed by atoms with Crippen LogP contribution in [0.1, 0.15) is 12.8 Å². The van der Waals surface area contributed by atoms with Gasteiger partial charge in [-0.2, -0.15) is 0 Å². The minimum Gasteiger partial charge on any atom is -0.342 e. The Hall–Kier alpha value is -1.34. The Morgan fingerprint density at radius 2 is 1.54 bits per heavy atom. The summed E-state index contributed by atoms with van der Waals surface area (Å²) in [6.07, 6.45) is 2.23. The third-order valence-corrected chi connectivity index (χ3v) is 5.40. The largest absolute Gasteiger partial charge is 0.342 e. The molecule has 1 aromatic rings. The molecule has 0 saturated carbocycles. The second-order valence-corrected chi connectivity index (χ2v) is 7.66. The van der Waals surface area contributed by atoms with Gasteiger partial charge in [-0.3, -0.25) is 19.4 Å². The van der Waals surface area contributed by atoms with E-state index in [0.717, 1.165) is 52.1 Å². The monoisotopic (exact) mass is 398 g/mol. The van der Waals surface area contributed by atoms with E-state index in [-0.39, 0.29) is 11.8 Å². The van der Waals surface area contributed by atoms with Gasteiger partial charge in [-0.1, -0.05) is 23.2 Å². The first kappa shape index (κ1) is 19.4. The average Bonchev–Trinajstić information content (AvgIpc) is 3.14. The molecule has 0 unspecified atom stereocenters. The summed E-state index contributed by atoms with van der Waals surface area (Å²) in [5, 5.41) is 3.78. The molecule has 2 aliphatic rings. The fraction of sp³-hybridized carbons (Fsp3) is 0.556. The van der Waals surface area contributed by atoms with Crippen LogP contribution in [-0.4, -0.2) is 78.9 Å². The van der Waals surface area contributed by atoms with Crippen LogP contribution in [0, 0.1) is 0 Å². The number of nitrogens with zero attached hydrogens (tertiary/aromatic N) is 3. The van der Waals surface area contributed by atoms with E-state index in [2.05, 4.69) is 15.1 Å². The zero-order chi connectivity index (χ0) is 18.5. The highest BCUT2D eigenvalue weighted by Crippen LogP contribution is 2.25. The molecular weight excluding hydrogens is 375 g/mol. The first-order valence-corrected chi connectivity index (χ1v) is 9.74. The Morgan fingerprint density at radius 3 is 2.15 bits per heavy atom. The minimum atomic E-state index is -0.101. The maximum absolute atomic E-state index is 12.2. The second kappa shape index (κ2) is 9.04. The fourth-order valence-corrected chi connectivity index (χ4v) is 3.80. The van der Waals surface area contributed by atoms with Gasteiger partial charge in [-0.25, -0.2) is 0 Å². The van der Waals surface area contributed by atoms with Gasteiger partial charge in [0.2, 0.25) is 11.8 Å². The maximum Gasteiger partial charge on any atom is 0.238 e. The molecule has 0 atom stereocenters. The van der Waals surface area contributed by atoms with Crippen molar-refractivity contribution in [3.8, 4) is 0 Å². The summed E-state index contributed by atoms with van der Waals surface area (Å²) in [6.45, 7) is 5.74. The van der Waals surface area contributed by atoms with E-state index < -0.39 is 0 Å². The molecule has 3 rings (SSSR count). The molecule has 6 nitrogen and oxygen atoms in total. The van der Waals surface area contributed by atoms with Crippen molar-refractivity contribution >= 4 is 40.7 Å². The van der Waals surface area contributed by atoms with Gasteiger partial charge < -0.3 is 10.2 Å². The summed E-state index contributed by atoms with van der Waals surface area (Å²) in [5.41, 5.74) is 0.566. The molecule has 26 heavy (non-hydrogen) atoms. The number of anilines is 1. The summed E-state index contributed by atoms with van der Waals surface area (Å²) >= 11 is 11.9. The summed E-state index contributed by atoms with van der Waals surface area (Å²) in [4.78, 5) is 30.7. The summed E-state index contributed by atoms with van der Waals surface area (Å²) in [5.74, 6) is 0.127. The lowest BCUT2D eigenvalue weighted by Gasteiger charge is -2.34. The molecule has 2 amide bonds. The Kier molecular flexibility index (Phi) is 6.75. The molecule has 0 aromatic heterocycles. The second-order valence-electron chi connectivity index (χ2n) is 6.81. The number of carbonyl (C=O) groups is 2. The smallest absolute Gasteiger partial charge is 0.238 e. The topological polar surface area (TPSA) is 55.9 Å². The minimum absolute atomic E-state index is 0.101. The Labute approximate surface area is 164 Å². The molecule has 2 aliphatic heterocycles. The summed E-state index contributed by atoms with van der Waals surface area (Å²) < 4.78 is 0. The fourth-order valence-electron chi connectivity index (χ4n) is 3.35. The molecule has 0 spiro atoms. The SMILES string of the molecule is O=C(CN1CCN(CC(=O)N2CCCC2)CC1)Nc1ccc(Cl)cc1Cl. The van der Waals surface area contributed by atoms with Gasteiger partial charge in [0.25, 0.3) is 0 Å². The van der Waals surface area contributed by atoms with E-state index in [1.54, 1.807) is 18.2 Å². The van der Waals surface area contributed by atoms with Crippen LogP contribution in [0.5, 0.6) is 0 Å². The summed E-state index contributed by atoms with van der Waals surface area (Å²) in [6, 6.07) is 5.00. The van der Waals surface area contributed by atoms with Gasteiger partial charge in [0, 0.05) is 44.3 Å². The van der Waals surface area contributed by atoms with Gasteiger partial charge in [-0.05, 0) is 31.0 Å². The van der Waals surface area contributed by atoms with Crippen molar-refractivity contribution in [2.75, 3.05) is 57.7 Å². The predicted octanol–water partition coefficient (Wildman–Crippen LogP) is 2.17. The first-order valence-electron chi connectivity index (χ1n) is 8.98. The van der Waals surface area contributed by atoms with Gasteiger partial charge in [0.15, 0.2) is 0 Å². The highest BCUT2D eigenvalue weighted by atomic mass is 35.5. The number of piperazine rings is 1. The molecule has 0 bridgehead atoms. The van der Waals surface area contributed by atoms with Gasteiger partial charge in [0.05, 0.1) is 23.8 Å². The molecule has 142 valence electrons. The van der Waals surface area contributed by atoms with Crippen molar-refractivity contribution in [1.82, 2.24) is 14.7 Å². The van der Waals surface area contributed by atoms with Gasteiger partial charge in [-0.15, -0.1) is 0 Å². The molecule has 8 heteroatoms. The van der Waals surface area contributed by atoms with Crippen molar-refractivity contribution in [3.63, 3.8) is 0 Å². The zero-order valence-electron chi connectivity index (χ0n) is 14.7. The number of hydrogen-bond donors (Lipinski definition) is 1. The lowest BCUT2D eigenvalue weighted by molar-refractivity contribution is -0.132. The third kappa shape index (κ3) is 5.33. The third-order valence-electron chi connectivity index (χ3n) is 4.85. The number of carbonyl (C=O) groups excluding carboxylic acids is 2. The lowest BCUT2D eigenvalue weighted by Crippen LogP contribution is -2.51. The van der Waals surface area contributed by atoms with E-state index in [1.165, 1.54) is 0 Å². The quantitative estimate of drug-likeness (QED) is 0.825. The van der Waals surface area contributed by atoms with Crippen molar-refractivity contribution in [2.24, 2.45) is 0 Å². The number of amides is 2. The molecule has 0 radical (unpaired) electrons. The van der Waals surface area contributed by atoms with Gasteiger partial charge >= 0.3 is 0 Å². The van der Waals surface area contributed by atoms with E-state index in [1.807, 2.05) is 4.90 Å². The Morgan fingerprint density at radius 1 is 0.923 bits per heavy atom. The van der Waals surface area contributed by atoms with E-state index in [9.17, 15) is 9.59 Å². The van der Waals surface area contributed by atoms with Crippen LogP contribution in [0.2, 0.25) is 10.0 Å². The van der Waals surface area contributed by atoms with Crippen molar-refractivity contribution < 1.29 is 9.59 Å². The molecule has 2 fully saturated rings. The maximum atomic E-state index is 12.2. The van der Waals surface area contributed by atoms with Crippen LogP contribution >= 0.6 is 23.2 Å². The van der Waals surface area contributed by atoms with E-state index in [4.69, 9.17) is 23.2 Å². The van der Waals surface area contributed by atoms with Crippen molar-refractivity contribution in [3.05, 3.63) is 28.2 Å². The number of hydrogen-bond acceptors (Lipinski definition) is 4. The highest BCUT2D eigenvalue weighted by molar-refractivity contribution is 6.36. The van der Waals surface area contributed by atoms with Crippen LogP contribution in [0.3, 0.4) is 0 Å². The molecule has 0 aliphatic carbocycles. The Balaban J connectivity index is 1.40. The van der Waals surface area contributed by atoms with Crippen LogP contribution in [-0.2, 0) is 9.59 Å². The Bertz CT molecular complexity index is 657. The van der Waals surface area contributed by atoms with Crippen LogP contribution in [0.15, 0.2) is 18.2 Å². The lowest BCUT2D eigenvalue weighted by atomic mass is 10.3. The first-order chi connectivity index (χ1) is 12.5. The van der Waals surface area contributed by atoms with Crippen LogP contribution in [0.25, 0.3) is 0 Å². The molecule has 2 saturated heterocycles. The number of nitrogens with one attached hydrogen (secondary N) is 1. The van der Waals surface area contributed by atoms with E-state index in [0.29, 0.717) is 28.8 Å². The number of rotatable bonds is 5. The zero-order valence-corrected chi connectivity index (χ0v) is 16.2. The molecule has 1 N–H and O–H groups in total. The average molecular weight is 399 g/mol. The normalized spacial score (nSPS) is 18.9. The van der Waals surface area contributed by atoms with Crippen molar-refractivity contribution in [2.45, 2.75) is 12.8 Å². The van der Waals surface area contributed by atoms with Crippen LogP contribution in [0.4, 0.5) is 5.69 Å². The predicted molar refractivity (Wildman–Crippen MR) is 104 cm³/mol. The molecule has 1 aromatic carbocycles. The standard InChI is InChI=1S/C18H24Cl2N4O2/c19-14-3-4-16(15(20)11-14)21-17(25)12-22-7-9-23(10-8-22)13-18(26)24-5-1-2-6-24/h3-4,11H,1-2,5-10,12-13H2,(H,21,25). The highest BCUT2D eigenvalue weighted by Gasteiger charge is 2.24. The van der Waals surface area contributed by atoms with Gasteiger partial charge in [0.1, 0.15) is 0 Å². The van der Waals surface area contributed by atoms with E-state index >= 15 is 0 Å². The molecular formula is C18H24Cl2N4O2. The number of benzene rings is 1. The van der Waals surface area contributed by atoms with Crippen molar-refractivity contribution in [1.29, 1.82) is 0 Å². The molecule has 2 heterocycles. The number of likely N-dealkylation sites (tertiary alicyclic amines) is 1. The van der Waals surface area contributed by atoms with Crippen LogP contribution < -0.4 is 5.32 Å². The number of halogens is 2.